The zero-order chi connectivity index (χ0) is 21.2. The highest BCUT2D eigenvalue weighted by Gasteiger charge is 2.42. The summed E-state index contributed by atoms with van der Waals surface area (Å²) < 4.78 is 1.69. The third kappa shape index (κ3) is 4.54. The summed E-state index contributed by atoms with van der Waals surface area (Å²) in [5.74, 6) is -1.78. The van der Waals surface area contributed by atoms with Crippen LogP contribution in [0.2, 0.25) is 0 Å². The van der Waals surface area contributed by atoms with Crippen LogP contribution in [0.25, 0.3) is 11.0 Å². The van der Waals surface area contributed by atoms with E-state index in [4.69, 9.17) is 10.8 Å². The van der Waals surface area contributed by atoms with Crippen molar-refractivity contribution in [3.8, 4) is 0 Å². The Morgan fingerprint density at radius 3 is 2.72 bits per heavy atom. The smallest absolute Gasteiger partial charge is 0.303 e. The highest BCUT2D eigenvalue weighted by atomic mass is 16.4. The SMILES string of the molecule is NC(=O)c1cnc2c(ccn2C[C@]2(O)CCN(C(=O)CCCC(=O)O)C[C@H]2O)c1. The Bertz CT molecular complexity index is 942. The molecule has 2 atom stereocenters. The second kappa shape index (κ2) is 8.18. The molecule has 0 unspecified atom stereocenters. The molecule has 1 aliphatic heterocycles. The summed E-state index contributed by atoms with van der Waals surface area (Å²) in [5.41, 5.74) is 4.64. The number of carbonyl (C=O) groups excluding carboxylic acids is 2. The second-order valence-corrected chi connectivity index (χ2v) is 7.40. The fourth-order valence-electron chi connectivity index (χ4n) is 3.56. The van der Waals surface area contributed by atoms with Crippen molar-refractivity contribution >= 4 is 28.8 Å². The lowest BCUT2D eigenvalue weighted by Crippen LogP contribution is -2.58. The molecule has 2 aromatic heterocycles. The lowest BCUT2D eigenvalue weighted by molar-refractivity contribution is -0.152. The first-order chi connectivity index (χ1) is 13.7. The van der Waals surface area contributed by atoms with E-state index in [0.717, 1.165) is 0 Å². The van der Waals surface area contributed by atoms with Crippen LogP contribution in [0.3, 0.4) is 0 Å². The number of carbonyl (C=O) groups is 3. The van der Waals surface area contributed by atoms with E-state index in [2.05, 4.69) is 4.98 Å². The molecule has 10 heteroatoms. The van der Waals surface area contributed by atoms with Crippen LogP contribution >= 0.6 is 0 Å². The Hall–Kier alpha value is -2.98. The van der Waals surface area contributed by atoms with Crippen molar-refractivity contribution in [3.63, 3.8) is 0 Å². The summed E-state index contributed by atoms with van der Waals surface area (Å²) in [4.78, 5) is 39.7. The van der Waals surface area contributed by atoms with Gasteiger partial charge in [-0.05, 0) is 25.0 Å². The van der Waals surface area contributed by atoms with E-state index < -0.39 is 23.6 Å². The number of nitrogens with zero attached hydrogens (tertiary/aromatic N) is 3. The molecule has 3 rings (SSSR count). The van der Waals surface area contributed by atoms with Crippen LogP contribution in [0.4, 0.5) is 0 Å². The highest BCUT2D eigenvalue weighted by molar-refractivity contribution is 5.95. The first-order valence-corrected chi connectivity index (χ1v) is 9.34. The summed E-state index contributed by atoms with van der Waals surface area (Å²) in [6.07, 6.45) is 2.30. The zero-order valence-corrected chi connectivity index (χ0v) is 15.8. The molecule has 2 amide bonds. The van der Waals surface area contributed by atoms with Gasteiger partial charge in [-0.15, -0.1) is 0 Å². The van der Waals surface area contributed by atoms with Gasteiger partial charge in [-0.2, -0.15) is 0 Å². The number of likely N-dealkylation sites (tertiary alicyclic amines) is 1. The van der Waals surface area contributed by atoms with Gasteiger partial charge in [0, 0.05) is 43.7 Å². The number of rotatable bonds is 7. The number of hydrogen-bond donors (Lipinski definition) is 4. The number of β-amino-alcohol motifs (C(OH)–C–C–N with tert-alkyl or cyclic N) is 1. The Balaban J connectivity index is 1.66. The van der Waals surface area contributed by atoms with Crippen molar-refractivity contribution in [3.05, 3.63) is 30.1 Å². The third-order valence-electron chi connectivity index (χ3n) is 5.29. The van der Waals surface area contributed by atoms with E-state index in [1.54, 1.807) is 22.9 Å². The molecule has 0 aromatic carbocycles. The summed E-state index contributed by atoms with van der Waals surface area (Å²) in [6, 6.07) is 3.35. The Labute approximate surface area is 166 Å². The van der Waals surface area contributed by atoms with Gasteiger partial charge in [-0.3, -0.25) is 14.4 Å². The minimum absolute atomic E-state index is 0.0269. The van der Waals surface area contributed by atoms with Crippen LogP contribution in [0.15, 0.2) is 24.5 Å². The molecule has 5 N–H and O–H groups in total. The fraction of sp³-hybridized carbons (Fsp3) is 0.474. The minimum atomic E-state index is -1.45. The molecule has 1 fully saturated rings. The van der Waals surface area contributed by atoms with E-state index in [1.807, 2.05) is 0 Å². The predicted molar refractivity (Wildman–Crippen MR) is 102 cm³/mol. The Kier molecular flexibility index (Phi) is 5.85. The van der Waals surface area contributed by atoms with Gasteiger partial charge in [0.15, 0.2) is 0 Å². The number of aliphatic hydroxyl groups excluding tert-OH is 1. The molecule has 0 saturated carbocycles. The van der Waals surface area contributed by atoms with E-state index in [1.165, 1.54) is 11.1 Å². The van der Waals surface area contributed by atoms with E-state index in [9.17, 15) is 24.6 Å². The van der Waals surface area contributed by atoms with Gasteiger partial charge < -0.3 is 30.5 Å². The molecule has 10 nitrogen and oxygen atoms in total. The number of fused-ring (bicyclic) bond motifs is 1. The van der Waals surface area contributed by atoms with Gasteiger partial charge in [0.2, 0.25) is 11.8 Å². The van der Waals surface area contributed by atoms with Crippen LogP contribution in [0.1, 0.15) is 36.0 Å². The van der Waals surface area contributed by atoms with Crippen molar-refractivity contribution in [1.29, 1.82) is 0 Å². The molecule has 0 spiro atoms. The molecule has 29 heavy (non-hydrogen) atoms. The average molecular weight is 404 g/mol. The van der Waals surface area contributed by atoms with Gasteiger partial charge in [0.1, 0.15) is 17.4 Å². The monoisotopic (exact) mass is 404 g/mol. The van der Waals surface area contributed by atoms with Crippen molar-refractivity contribution < 1.29 is 29.7 Å². The average Bonchev–Trinajstić information content (AvgIpc) is 3.05. The number of hydrogen-bond acceptors (Lipinski definition) is 6. The molecule has 1 saturated heterocycles. The van der Waals surface area contributed by atoms with Gasteiger partial charge in [-0.25, -0.2) is 4.98 Å². The molecular formula is C19H24N4O6. The number of aliphatic hydroxyl groups is 2. The topological polar surface area (TPSA) is 159 Å². The number of carboxylic acid groups (broad SMARTS) is 1. The number of aliphatic carboxylic acids is 1. The van der Waals surface area contributed by atoms with Crippen molar-refractivity contribution in [2.24, 2.45) is 5.73 Å². The normalized spacial score (nSPS) is 22.0. The number of amides is 2. The van der Waals surface area contributed by atoms with Crippen LogP contribution in [0, 0.1) is 0 Å². The maximum atomic E-state index is 12.2. The van der Waals surface area contributed by atoms with E-state index in [0.29, 0.717) is 11.0 Å². The van der Waals surface area contributed by atoms with Gasteiger partial charge in [0.25, 0.3) is 0 Å². The van der Waals surface area contributed by atoms with Crippen LogP contribution in [0.5, 0.6) is 0 Å². The number of aromatic nitrogens is 2. The molecule has 0 aliphatic carbocycles. The van der Waals surface area contributed by atoms with Crippen LogP contribution in [-0.4, -0.2) is 72.3 Å². The lowest BCUT2D eigenvalue weighted by atomic mass is 9.88. The fourth-order valence-corrected chi connectivity index (χ4v) is 3.56. The van der Waals surface area contributed by atoms with Crippen LogP contribution < -0.4 is 5.73 Å². The van der Waals surface area contributed by atoms with Gasteiger partial charge in [0.05, 0.1) is 12.1 Å². The molecule has 2 aromatic rings. The van der Waals surface area contributed by atoms with Crippen molar-refractivity contribution in [1.82, 2.24) is 14.5 Å². The van der Waals surface area contributed by atoms with Crippen LogP contribution in [-0.2, 0) is 16.1 Å². The molecule has 156 valence electrons. The Morgan fingerprint density at radius 2 is 2.07 bits per heavy atom. The Morgan fingerprint density at radius 1 is 1.31 bits per heavy atom. The van der Waals surface area contributed by atoms with Gasteiger partial charge in [-0.1, -0.05) is 0 Å². The third-order valence-corrected chi connectivity index (χ3v) is 5.29. The second-order valence-electron chi connectivity index (χ2n) is 7.40. The maximum Gasteiger partial charge on any atom is 0.303 e. The summed E-state index contributed by atoms with van der Waals surface area (Å²) in [7, 11) is 0. The highest BCUT2D eigenvalue weighted by Crippen LogP contribution is 2.27. The molecule has 0 radical (unpaired) electrons. The molecule has 0 bridgehead atoms. The van der Waals surface area contributed by atoms with E-state index >= 15 is 0 Å². The molecule has 3 heterocycles. The first-order valence-electron chi connectivity index (χ1n) is 9.34. The number of carboxylic acids is 1. The first kappa shape index (κ1) is 20.7. The molecular weight excluding hydrogens is 380 g/mol. The number of primary amides is 1. The van der Waals surface area contributed by atoms with E-state index in [-0.39, 0.29) is 56.8 Å². The lowest BCUT2D eigenvalue weighted by Gasteiger charge is -2.42. The van der Waals surface area contributed by atoms with Crippen molar-refractivity contribution in [2.75, 3.05) is 13.1 Å². The predicted octanol–water partition coefficient (Wildman–Crippen LogP) is -0.286. The number of pyridine rings is 1. The molecule has 1 aliphatic rings. The summed E-state index contributed by atoms with van der Waals surface area (Å²) in [6.45, 7) is 0.306. The van der Waals surface area contributed by atoms with Crippen molar-refractivity contribution in [2.45, 2.75) is 43.9 Å². The minimum Gasteiger partial charge on any atom is -0.481 e. The summed E-state index contributed by atoms with van der Waals surface area (Å²) in [5, 5.41) is 30.8. The van der Waals surface area contributed by atoms with Gasteiger partial charge >= 0.3 is 5.97 Å². The number of piperidine rings is 1. The zero-order valence-electron chi connectivity index (χ0n) is 15.8. The standard InChI is InChI=1S/C19H24N4O6/c20-17(28)13-8-12-4-6-23(18(12)21-9-13)11-19(29)5-7-22(10-14(19)24)15(25)2-1-3-16(26)27/h4,6,8-9,14,24,29H,1-3,5,7,10-11H2,(H2,20,28)(H,26,27)/t14-,19-/m1/s1. The number of nitrogens with two attached hydrogens (primary N) is 1. The quantitative estimate of drug-likeness (QED) is 0.493. The summed E-state index contributed by atoms with van der Waals surface area (Å²) >= 11 is 0. The largest absolute Gasteiger partial charge is 0.481 e. The maximum absolute atomic E-state index is 12.2.